The lowest BCUT2D eigenvalue weighted by atomic mass is 9.80. The van der Waals surface area contributed by atoms with Crippen LogP contribution in [0, 0.1) is 7.14 Å². The van der Waals surface area contributed by atoms with Crippen LogP contribution < -0.4 is 0 Å². The van der Waals surface area contributed by atoms with Crippen molar-refractivity contribution >= 4 is 110 Å². The molecular formula is C44H24I2. The predicted molar refractivity (Wildman–Crippen MR) is 216 cm³/mol. The SMILES string of the molecule is Ic1cc(-c2ccccc2)c2c3ccc(-c4ccccc4)c4cc(I)c5c6ccc(-c7ccccc7)cc6c6ccc1c2c6c5c43. The Balaban J connectivity index is 1.50. The Labute approximate surface area is 293 Å². The van der Waals surface area contributed by atoms with Gasteiger partial charge in [-0.05, 0) is 151 Å². The quantitative estimate of drug-likeness (QED) is 0.0948. The molecule has 0 aromatic heterocycles. The zero-order valence-electron chi connectivity index (χ0n) is 24.6. The second kappa shape index (κ2) is 10.1. The average molecular weight is 806 g/mol. The Morgan fingerprint density at radius 3 is 1.54 bits per heavy atom. The van der Waals surface area contributed by atoms with E-state index in [9.17, 15) is 0 Å². The molecule has 10 rings (SSSR count). The summed E-state index contributed by atoms with van der Waals surface area (Å²) in [5.41, 5.74) is 7.59. The average Bonchev–Trinajstić information content (AvgIpc) is 3.11. The summed E-state index contributed by atoms with van der Waals surface area (Å²) < 4.78 is 2.58. The van der Waals surface area contributed by atoms with Gasteiger partial charge >= 0.3 is 0 Å². The highest BCUT2D eigenvalue weighted by atomic mass is 127. The second-order valence-corrected chi connectivity index (χ2v) is 14.6. The number of benzene rings is 10. The lowest BCUT2D eigenvalue weighted by molar-refractivity contribution is 1.64. The summed E-state index contributed by atoms with van der Waals surface area (Å²) in [5.74, 6) is 0. The summed E-state index contributed by atoms with van der Waals surface area (Å²) in [7, 11) is 0. The van der Waals surface area contributed by atoms with Crippen LogP contribution in [0.15, 0.2) is 146 Å². The second-order valence-electron chi connectivity index (χ2n) is 12.2. The van der Waals surface area contributed by atoms with Crippen LogP contribution in [0.1, 0.15) is 0 Å². The van der Waals surface area contributed by atoms with Gasteiger partial charge in [0.2, 0.25) is 0 Å². The monoisotopic (exact) mass is 806 g/mol. The molecule has 0 aliphatic rings. The van der Waals surface area contributed by atoms with Crippen molar-refractivity contribution in [1.29, 1.82) is 0 Å². The van der Waals surface area contributed by atoms with Crippen molar-refractivity contribution in [3.8, 4) is 33.4 Å². The molecule has 0 saturated heterocycles. The van der Waals surface area contributed by atoms with Gasteiger partial charge in [0.25, 0.3) is 0 Å². The van der Waals surface area contributed by atoms with E-state index < -0.39 is 0 Å². The summed E-state index contributed by atoms with van der Waals surface area (Å²) >= 11 is 5.16. The van der Waals surface area contributed by atoms with E-state index >= 15 is 0 Å². The van der Waals surface area contributed by atoms with Gasteiger partial charge in [0.1, 0.15) is 0 Å². The van der Waals surface area contributed by atoms with Gasteiger partial charge in [0.05, 0.1) is 0 Å². The predicted octanol–water partition coefficient (Wildman–Crippen LogP) is 13.7. The maximum atomic E-state index is 2.60. The molecule has 0 aliphatic carbocycles. The van der Waals surface area contributed by atoms with E-state index in [1.54, 1.807) is 0 Å². The summed E-state index contributed by atoms with van der Waals surface area (Å²) in [6, 6.07) is 54.1. The van der Waals surface area contributed by atoms with Crippen molar-refractivity contribution in [3.05, 3.63) is 153 Å². The highest BCUT2D eigenvalue weighted by Crippen LogP contribution is 2.53. The van der Waals surface area contributed by atoms with Gasteiger partial charge in [-0.3, -0.25) is 0 Å². The number of hydrogen-bond donors (Lipinski definition) is 0. The fourth-order valence-corrected chi connectivity index (χ4v) is 9.58. The molecule has 0 spiro atoms. The van der Waals surface area contributed by atoms with Crippen LogP contribution >= 0.6 is 45.2 Å². The van der Waals surface area contributed by atoms with Crippen LogP contribution in [0.25, 0.3) is 98.0 Å². The minimum atomic E-state index is 1.25. The molecule has 2 heteroatoms. The molecule has 0 bridgehead atoms. The van der Waals surface area contributed by atoms with Gasteiger partial charge in [-0.2, -0.15) is 0 Å². The number of hydrogen-bond acceptors (Lipinski definition) is 0. The zero-order valence-corrected chi connectivity index (χ0v) is 28.9. The third-order valence-corrected chi connectivity index (χ3v) is 11.6. The molecule has 0 amide bonds. The minimum absolute atomic E-state index is 1.25. The molecule has 10 aromatic carbocycles. The molecule has 10 aromatic rings. The van der Waals surface area contributed by atoms with Gasteiger partial charge in [-0.25, -0.2) is 0 Å². The van der Waals surface area contributed by atoms with Crippen LogP contribution in [-0.4, -0.2) is 0 Å². The Kier molecular flexibility index (Phi) is 5.92. The lowest BCUT2D eigenvalue weighted by Gasteiger charge is -2.24. The molecule has 0 saturated carbocycles. The number of halogens is 2. The van der Waals surface area contributed by atoms with Crippen molar-refractivity contribution in [1.82, 2.24) is 0 Å². The van der Waals surface area contributed by atoms with Gasteiger partial charge in [-0.1, -0.05) is 127 Å². The van der Waals surface area contributed by atoms with Crippen molar-refractivity contribution < 1.29 is 0 Å². The van der Waals surface area contributed by atoms with Gasteiger partial charge in [0, 0.05) is 17.9 Å². The molecule has 46 heavy (non-hydrogen) atoms. The van der Waals surface area contributed by atoms with Crippen LogP contribution in [0.3, 0.4) is 0 Å². The van der Waals surface area contributed by atoms with Crippen LogP contribution in [-0.2, 0) is 0 Å². The minimum Gasteiger partial charge on any atom is -0.0622 e. The molecule has 0 fully saturated rings. The van der Waals surface area contributed by atoms with E-state index in [4.69, 9.17) is 0 Å². The molecule has 214 valence electrons. The Morgan fingerprint density at radius 1 is 0.261 bits per heavy atom. The first kappa shape index (κ1) is 26.9. The third-order valence-electron chi connectivity index (χ3n) is 9.88. The Hall–Kier alpha value is -4.26. The van der Waals surface area contributed by atoms with Crippen molar-refractivity contribution in [2.45, 2.75) is 0 Å². The smallest absolute Gasteiger partial charge is 0.0221 e. The zero-order chi connectivity index (χ0) is 30.5. The topological polar surface area (TPSA) is 0 Å². The third kappa shape index (κ3) is 3.71. The standard InChI is InChI=1S/C44H24I2/c45-37-23-34(27-14-8-3-9-15-27)39-33-21-18-29(26-12-6-2-7-13-26)36-24-38(46)41-30-17-16-28(25-10-4-1-5-11-25)22-35(30)31-19-20-32(37)43(39)42(31)44(41)40(33)36/h1-24H. The summed E-state index contributed by atoms with van der Waals surface area (Å²) in [6.45, 7) is 0. The first-order valence-corrected chi connectivity index (χ1v) is 17.7. The largest absolute Gasteiger partial charge is 0.0622 e. The van der Waals surface area contributed by atoms with Gasteiger partial charge < -0.3 is 0 Å². The van der Waals surface area contributed by atoms with Crippen LogP contribution in [0.4, 0.5) is 0 Å². The first-order chi connectivity index (χ1) is 22.7. The molecular weight excluding hydrogens is 782 g/mol. The van der Waals surface area contributed by atoms with Crippen molar-refractivity contribution in [2.24, 2.45) is 0 Å². The van der Waals surface area contributed by atoms with Crippen molar-refractivity contribution in [2.75, 3.05) is 0 Å². The molecule has 0 radical (unpaired) electrons. The van der Waals surface area contributed by atoms with Gasteiger partial charge in [0.15, 0.2) is 0 Å². The summed E-state index contributed by atoms with van der Waals surface area (Å²) in [5, 5.41) is 16.2. The maximum absolute atomic E-state index is 2.60. The first-order valence-electron chi connectivity index (χ1n) is 15.6. The van der Waals surface area contributed by atoms with E-state index in [0.717, 1.165) is 0 Å². The van der Waals surface area contributed by atoms with E-state index in [1.165, 1.54) is 105 Å². The summed E-state index contributed by atoms with van der Waals surface area (Å²) in [6.07, 6.45) is 0. The molecule has 0 N–H and O–H groups in total. The Bertz CT molecular complexity index is 2780. The molecule has 0 atom stereocenters. The molecule has 0 heterocycles. The number of rotatable bonds is 3. The fraction of sp³-hybridized carbons (Fsp3) is 0. The van der Waals surface area contributed by atoms with E-state index in [1.807, 2.05) is 0 Å². The highest BCUT2D eigenvalue weighted by molar-refractivity contribution is 14.1. The van der Waals surface area contributed by atoms with E-state index in [0.29, 0.717) is 0 Å². The Morgan fingerprint density at radius 2 is 0.826 bits per heavy atom. The van der Waals surface area contributed by atoms with Crippen LogP contribution in [0.5, 0.6) is 0 Å². The lowest BCUT2D eigenvalue weighted by Crippen LogP contribution is -1.97. The summed E-state index contributed by atoms with van der Waals surface area (Å²) in [4.78, 5) is 0. The van der Waals surface area contributed by atoms with Gasteiger partial charge in [-0.15, -0.1) is 0 Å². The fourth-order valence-electron chi connectivity index (χ4n) is 7.95. The van der Waals surface area contributed by atoms with Crippen molar-refractivity contribution in [3.63, 3.8) is 0 Å². The molecule has 0 nitrogen and oxygen atoms in total. The van der Waals surface area contributed by atoms with E-state index in [-0.39, 0.29) is 0 Å². The highest BCUT2D eigenvalue weighted by Gasteiger charge is 2.25. The van der Waals surface area contributed by atoms with E-state index in [2.05, 4.69) is 191 Å². The number of fused-ring (bicyclic) bond motifs is 4. The molecule has 0 unspecified atom stereocenters. The maximum Gasteiger partial charge on any atom is 0.0221 e. The van der Waals surface area contributed by atoms with Crippen LogP contribution in [0.2, 0.25) is 0 Å². The normalized spacial score (nSPS) is 12.1. The molecule has 0 aliphatic heterocycles.